The number of anilines is 1. The minimum Gasteiger partial charge on any atom is -0.324 e. The van der Waals surface area contributed by atoms with Crippen molar-refractivity contribution in [2.24, 2.45) is 0 Å². The first-order valence-electron chi connectivity index (χ1n) is 6.76. The number of urea groups is 1. The molecule has 1 heterocycles. The van der Waals surface area contributed by atoms with Crippen molar-refractivity contribution in [3.05, 3.63) is 48.8 Å². The molecule has 1 atom stereocenters. The molecular weight excluding hydrogens is 264 g/mol. The number of amides is 2. The molecule has 0 aliphatic rings. The normalized spacial score (nSPS) is 11.5. The number of aromatic nitrogens is 1. The van der Waals surface area contributed by atoms with E-state index in [9.17, 15) is 4.79 Å². The van der Waals surface area contributed by atoms with Gasteiger partial charge in [-0.05, 0) is 37.3 Å². The molecular formula is C16H18N4O. The van der Waals surface area contributed by atoms with Crippen LogP contribution in [0.3, 0.4) is 0 Å². The summed E-state index contributed by atoms with van der Waals surface area (Å²) in [4.78, 5) is 13.7. The van der Waals surface area contributed by atoms with Gasteiger partial charge < -0.3 is 14.8 Å². The molecule has 1 N–H and O–H groups in total. The van der Waals surface area contributed by atoms with Gasteiger partial charge >= 0.3 is 6.03 Å². The van der Waals surface area contributed by atoms with Gasteiger partial charge in [0.1, 0.15) is 0 Å². The zero-order chi connectivity index (χ0) is 15.2. The number of nitriles is 1. The molecule has 2 amide bonds. The lowest BCUT2D eigenvalue weighted by molar-refractivity contribution is 0.208. The van der Waals surface area contributed by atoms with Crippen molar-refractivity contribution < 1.29 is 4.79 Å². The summed E-state index contributed by atoms with van der Waals surface area (Å²) in [7, 11) is 1.69. The smallest absolute Gasteiger partial charge is 0.321 e. The molecule has 1 aromatic heterocycles. The van der Waals surface area contributed by atoms with E-state index in [4.69, 9.17) is 5.26 Å². The highest BCUT2D eigenvalue weighted by Crippen LogP contribution is 2.15. The van der Waals surface area contributed by atoms with Gasteiger partial charge in [0.05, 0.1) is 12.5 Å². The predicted octanol–water partition coefficient (Wildman–Crippen LogP) is 3.24. The number of benzene rings is 1. The first-order valence-corrected chi connectivity index (χ1v) is 6.76. The second kappa shape index (κ2) is 6.62. The van der Waals surface area contributed by atoms with E-state index in [1.807, 2.05) is 60.3 Å². The topological polar surface area (TPSA) is 61.1 Å². The number of hydrogen-bond acceptors (Lipinski definition) is 2. The highest BCUT2D eigenvalue weighted by molar-refractivity contribution is 5.89. The summed E-state index contributed by atoms with van der Waals surface area (Å²) in [6.07, 6.45) is 4.21. The lowest BCUT2D eigenvalue weighted by Crippen LogP contribution is -2.38. The Morgan fingerprint density at radius 2 is 2.10 bits per heavy atom. The van der Waals surface area contributed by atoms with Crippen LogP contribution in [0.2, 0.25) is 0 Å². The van der Waals surface area contributed by atoms with Crippen LogP contribution < -0.4 is 5.32 Å². The van der Waals surface area contributed by atoms with Crippen molar-refractivity contribution in [2.45, 2.75) is 19.4 Å². The molecule has 0 aliphatic carbocycles. The fourth-order valence-corrected chi connectivity index (χ4v) is 1.93. The molecule has 2 rings (SSSR count). The van der Waals surface area contributed by atoms with Crippen LogP contribution in [0.25, 0.3) is 5.69 Å². The van der Waals surface area contributed by atoms with Gasteiger partial charge in [-0.3, -0.25) is 0 Å². The molecule has 0 saturated carbocycles. The molecule has 5 nitrogen and oxygen atoms in total. The Bertz CT molecular complexity index is 643. The zero-order valence-corrected chi connectivity index (χ0v) is 12.2. The lowest BCUT2D eigenvalue weighted by atomic mass is 10.2. The van der Waals surface area contributed by atoms with Gasteiger partial charge in [0.25, 0.3) is 0 Å². The van der Waals surface area contributed by atoms with Crippen LogP contribution in [0, 0.1) is 11.3 Å². The van der Waals surface area contributed by atoms with E-state index in [-0.39, 0.29) is 12.1 Å². The van der Waals surface area contributed by atoms with Gasteiger partial charge in [-0.15, -0.1) is 0 Å². The van der Waals surface area contributed by atoms with E-state index in [0.717, 1.165) is 11.4 Å². The quantitative estimate of drug-likeness (QED) is 0.935. The SMILES string of the molecule is C[C@H](CC#N)N(C)C(=O)Nc1cccc(-n2cccc2)c1. The van der Waals surface area contributed by atoms with E-state index in [2.05, 4.69) is 11.4 Å². The van der Waals surface area contributed by atoms with Gasteiger partial charge in [0.15, 0.2) is 0 Å². The zero-order valence-electron chi connectivity index (χ0n) is 12.2. The van der Waals surface area contributed by atoms with Crippen LogP contribution >= 0.6 is 0 Å². The summed E-state index contributed by atoms with van der Waals surface area (Å²) in [5.41, 5.74) is 1.70. The molecule has 0 bridgehead atoms. The second-order valence-electron chi connectivity index (χ2n) is 4.89. The largest absolute Gasteiger partial charge is 0.324 e. The summed E-state index contributed by atoms with van der Waals surface area (Å²) in [6, 6.07) is 13.2. The van der Waals surface area contributed by atoms with Crippen LogP contribution in [-0.4, -0.2) is 28.6 Å². The maximum atomic E-state index is 12.1. The van der Waals surface area contributed by atoms with Crippen molar-refractivity contribution in [1.29, 1.82) is 5.26 Å². The van der Waals surface area contributed by atoms with Crippen LogP contribution in [-0.2, 0) is 0 Å². The molecule has 108 valence electrons. The van der Waals surface area contributed by atoms with Gasteiger partial charge in [0, 0.05) is 36.9 Å². The van der Waals surface area contributed by atoms with E-state index >= 15 is 0 Å². The van der Waals surface area contributed by atoms with Crippen molar-refractivity contribution >= 4 is 11.7 Å². The highest BCUT2D eigenvalue weighted by Gasteiger charge is 2.15. The minimum atomic E-state index is -0.220. The molecule has 21 heavy (non-hydrogen) atoms. The fraction of sp³-hybridized carbons (Fsp3) is 0.250. The Balaban J connectivity index is 2.08. The van der Waals surface area contributed by atoms with Crippen molar-refractivity contribution in [2.75, 3.05) is 12.4 Å². The second-order valence-corrected chi connectivity index (χ2v) is 4.89. The average molecular weight is 282 g/mol. The Morgan fingerprint density at radius 3 is 2.76 bits per heavy atom. The summed E-state index contributed by atoms with van der Waals surface area (Å²) in [5, 5.41) is 11.5. The lowest BCUT2D eigenvalue weighted by Gasteiger charge is -2.23. The number of nitrogens with one attached hydrogen (secondary N) is 1. The van der Waals surface area contributed by atoms with Crippen LogP contribution in [0.4, 0.5) is 10.5 Å². The number of carbonyl (C=O) groups is 1. The molecule has 0 spiro atoms. The molecule has 0 unspecified atom stereocenters. The van der Waals surface area contributed by atoms with E-state index in [0.29, 0.717) is 6.42 Å². The van der Waals surface area contributed by atoms with Crippen LogP contribution in [0.1, 0.15) is 13.3 Å². The number of carbonyl (C=O) groups excluding carboxylic acids is 1. The van der Waals surface area contributed by atoms with E-state index in [1.165, 1.54) is 4.90 Å². The van der Waals surface area contributed by atoms with Crippen LogP contribution in [0.15, 0.2) is 48.8 Å². The maximum absolute atomic E-state index is 12.1. The number of rotatable bonds is 4. The number of nitrogens with zero attached hydrogens (tertiary/aromatic N) is 3. The summed E-state index contributed by atoms with van der Waals surface area (Å²) < 4.78 is 1.97. The third-order valence-corrected chi connectivity index (χ3v) is 3.37. The summed E-state index contributed by atoms with van der Waals surface area (Å²) >= 11 is 0. The molecule has 0 saturated heterocycles. The summed E-state index contributed by atoms with van der Waals surface area (Å²) in [6.45, 7) is 1.85. The number of hydrogen-bond donors (Lipinski definition) is 1. The molecule has 0 aliphatic heterocycles. The Morgan fingerprint density at radius 1 is 1.38 bits per heavy atom. The van der Waals surface area contributed by atoms with Gasteiger partial charge in [-0.25, -0.2) is 4.79 Å². The van der Waals surface area contributed by atoms with Gasteiger partial charge in [-0.2, -0.15) is 5.26 Å². The van der Waals surface area contributed by atoms with Crippen molar-refractivity contribution in [3.63, 3.8) is 0 Å². The molecule has 0 radical (unpaired) electrons. The third kappa shape index (κ3) is 3.63. The van der Waals surface area contributed by atoms with Gasteiger partial charge in [-0.1, -0.05) is 6.07 Å². The molecule has 0 fully saturated rings. The Kier molecular flexibility index (Phi) is 4.62. The maximum Gasteiger partial charge on any atom is 0.321 e. The minimum absolute atomic E-state index is 0.123. The van der Waals surface area contributed by atoms with Crippen molar-refractivity contribution in [3.8, 4) is 11.8 Å². The highest BCUT2D eigenvalue weighted by atomic mass is 16.2. The first-order chi connectivity index (χ1) is 10.1. The van der Waals surface area contributed by atoms with Crippen molar-refractivity contribution in [1.82, 2.24) is 9.47 Å². The third-order valence-electron chi connectivity index (χ3n) is 3.37. The standard InChI is InChI=1S/C16H18N4O/c1-13(8-9-17)19(2)16(21)18-14-6-5-7-15(12-14)20-10-3-4-11-20/h3-7,10-13H,8H2,1-2H3,(H,18,21)/t13-/m1/s1. The molecule has 2 aromatic rings. The fourth-order valence-electron chi connectivity index (χ4n) is 1.93. The monoisotopic (exact) mass is 282 g/mol. The van der Waals surface area contributed by atoms with Crippen LogP contribution in [0.5, 0.6) is 0 Å². The first kappa shape index (κ1) is 14.7. The van der Waals surface area contributed by atoms with E-state index < -0.39 is 0 Å². The molecule has 5 heteroatoms. The van der Waals surface area contributed by atoms with E-state index in [1.54, 1.807) is 7.05 Å². The molecule has 1 aromatic carbocycles. The summed E-state index contributed by atoms with van der Waals surface area (Å²) in [5.74, 6) is 0. The Hall–Kier alpha value is -2.74. The average Bonchev–Trinajstić information content (AvgIpc) is 3.01. The Labute approximate surface area is 124 Å². The predicted molar refractivity (Wildman–Crippen MR) is 82.2 cm³/mol. The van der Waals surface area contributed by atoms with Gasteiger partial charge in [0.2, 0.25) is 0 Å².